The van der Waals surface area contributed by atoms with Gasteiger partial charge in [-0.15, -0.1) is 0 Å². The molecule has 3 rings (SSSR count). The fourth-order valence-electron chi connectivity index (χ4n) is 3.86. The molecule has 4 nitrogen and oxygen atoms in total. The molecule has 1 aliphatic rings. The molecule has 0 aliphatic carbocycles. The minimum absolute atomic E-state index is 0.126. The average Bonchev–Trinajstić information content (AvgIpc) is 2.67. The number of likely N-dealkylation sites (tertiary alicyclic amines) is 1. The molecule has 0 bridgehead atoms. The number of piperidine rings is 1. The number of rotatable bonds is 5. The highest BCUT2D eigenvalue weighted by molar-refractivity contribution is 5.76. The van der Waals surface area contributed by atoms with Gasteiger partial charge in [0, 0.05) is 19.5 Å². The second kappa shape index (κ2) is 8.02. The van der Waals surface area contributed by atoms with Crippen LogP contribution >= 0.6 is 0 Å². The van der Waals surface area contributed by atoms with Crippen molar-refractivity contribution in [2.75, 3.05) is 27.2 Å². The molecule has 1 amide bonds. The summed E-state index contributed by atoms with van der Waals surface area (Å²) in [6.45, 7) is 1.13. The van der Waals surface area contributed by atoms with Crippen LogP contribution in [-0.2, 0) is 16.8 Å². The quantitative estimate of drug-likeness (QED) is 0.900. The Bertz CT molecular complexity index is 717. The van der Waals surface area contributed by atoms with Gasteiger partial charge in [0.05, 0.1) is 6.04 Å². The van der Waals surface area contributed by atoms with Crippen LogP contribution in [0.15, 0.2) is 60.7 Å². The van der Waals surface area contributed by atoms with E-state index in [1.54, 1.807) is 0 Å². The van der Waals surface area contributed by atoms with Gasteiger partial charge in [-0.1, -0.05) is 60.7 Å². The molecule has 0 aromatic heterocycles. The zero-order chi connectivity index (χ0) is 18.6. The lowest BCUT2D eigenvalue weighted by atomic mass is 9.79. The van der Waals surface area contributed by atoms with Crippen molar-refractivity contribution in [1.82, 2.24) is 9.80 Å². The molecule has 1 heterocycles. The van der Waals surface area contributed by atoms with E-state index < -0.39 is 5.60 Å². The molecule has 1 N–H and O–H groups in total. The van der Waals surface area contributed by atoms with Gasteiger partial charge in [0.2, 0.25) is 5.91 Å². The molecule has 1 saturated heterocycles. The minimum Gasteiger partial charge on any atom is -0.383 e. The molecule has 0 saturated carbocycles. The van der Waals surface area contributed by atoms with E-state index in [0.717, 1.165) is 12.0 Å². The summed E-state index contributed by atoms with van der Waals surface area (Å²) < 4.78 is 0. The van der Waals surface area contributed by atoms with Gasteiger partial charge in [0.1, 0.15) is 5.60 Å². The first kappa shape index (κ1) is 18.6. The molecule has 0 spiro atoms. The van der Waals surface area contributed by atoms with Gasteiger partial charge < -0.3 is 14.9 Å². The summed E-state index contributed by atoms with van der Waals surface area (Å²) >= 11 is 0. The number of hydrogen-bond donors (Lipinski definition) is 1. The predicted octanol–water partition coefficient (Wildman–Crippen LogP) is 2.67. The van der Waals surface area contributed by atoms with Crippen LogP contribution in [0, 0.1) is 0 Å². The summed E-state index contributed by atoms with van der Waals surface area (Å²) in [5.41, 5.74) is 1.18. The lowest BCUT2D eigenvalue weighted by Crippen LogP contribution is -2.60. The molecule has 0 unspecified atom stereocenters. The third kappa shape index (κ3) is 3.97. The van der Waals surface area contributed by atoms with Crippen molar-refractivity contribution in [1.29, 1.82) is 0 Å². The molecule has 2 atom stereocenters. The van der Waals surface area contributed by atoms with Crippen molar-refractivity contribution in [2.24, 2.45) is 0 Å². The van der Waals surface area contributed by atoms with Gasteiger partial charge in [0.15, 0.2) is 0 Å². The molecule has 0 radical (unpaired) electrons. The van der Waals surface area contributed by atoms with E-state index in [1.807, 2.05) is 72.4 Å². The van der Waals surface area contributed by atoms with Crippen molar-refractivity contribution >= 4 is 5.91 Å². The smallest absolute Gasteiger partial charge is 0.222 e. The van der Waals surface area contributed by atoms with Crippen molar-refractivity contribution in [3.8, 4) is 0 Å². The van der Waals surface area contributed by atoms with Crippen LogP contribution in [0.4, 0.5) is 0 Å². The standard InChI is InChI=1S/C22H28N2O2/c1-23(2)20-17-24(21(25)14-13-18-9-5-3-6-10-18)16-15-22(20,26)19-11-7-4-8-12-19/h3-12,20,26H,13-17H2,1-2H3/t20-,22+/m1/s1. The zero-order valence-electron chi connectivity index (χ0n) is 15.6. The van der Waals surface area contributed by atoms with Crippen LogP contribution in [0.3, 0.4) is 0 Å². The summed E-state index contributed by atoms with van der Waals surface area (Å²) in [6, 6.07) is 19.8. The van der Waals surface area contributed by atoms with Crippen LogP contribution in [0.1, 0.15) is 24.0 Å². The van der Waals surface area contributed by atoms with Gasteiger partial charge in [0.25, 0.3) is 0 Å². The second-order valence-corrected chi connectivity index (χ2v) is 7.35. The first-order valence-electron chi connectivity index (χ1n) is 9.27. The van der Waals surface area contributed by atoms with E-state index in [9.17, 15) is 9.90 Å². The van der Waals surface area contributed by atoms with E-state index in [4.69, 9.17) is 0 Å². The highest BCUT2D eigenvalue weighted by Crippen LogP contribution is 2.35. The van der Waals surface area contributed by atoms with Gasteiger partial charge in [-0.2, -0.15) is 0 Å². The van der Waals surface area contributed by atoms with Gasteiger partial charge in [-0.25, -0.2) is 0 Å². The third-order valence-corrected chi connectivity index (χ3v) is 5.43. The molecular formula is C22H28N2O2. The SMILES string of the molecule is CN(C)[C@@H]1CN(C(=O)CCc2ccccc2)CC[C@]1(O)c1ccccc1. The van der Waals surface area contributed by atoms with E-state index in [0.29, 0.717) is 25.9 Å². The molecule has 138 valence electrons. The minimum atomic E-state index is -0.930. The summed E-state index contributed by atoms with van der Waals surface area (Å²) in [4.78, 5) is 16.7. The molecule has 4 heteroatoms. The maximum atomic E-state index is 12.7. The lowest BCUT2D eigenvalue weighted by molar-refractivity contribution is -0.141. The van der Waals surface area contributed by atoms with Gasteiger partial charge in [-0.05, 0) is 38.1 Å². The summed E-state index contributed by atoms with van der Waals surface area (Å²) in [5, 5.41) is 11.4. The largest absolute Gasteiger partial charge is 0.383 e. The van der Waals surface area contributed by atoms with Crippen LogP contribution in [0.5, 0.6) is 0 Å². The van der Waals surface area contributed by atoms with Crippen LogP contribution < -0.4 is 0 Å². The molecule has 26 heavy (non-hydrogen) atoms. The molecular weight excluding hydrogens is 324 g/mol. The molecule has 2 aromatic carbocycles. The van der Waals surface area contributed by atoms with E-state index >= 15 is 0 Å². The Morgan fingerprint density at radius 1 is 1.12 bits per heavy atom. The summed E-state index contributed by atoms with van der Waals surface area (Å²) in [5.74, 6) is 0.163. The van der Waals surface area contributed by atoms with E-state index in [2.05, 4.69) is 12.1 Å². The summed E-state index contributed by atoms with van der Waals surface area (Å²) in [6.07, 6.45) is 1.82. The third-order valence-electron chi connectivity index (χ3n) is 5.43. The van der Waals surface area contributed by atoms with E-state index in [1.165, 1.54) is 5.56 Å². The number of amides is 1. The van der Waals surface area contributed by atoms with Gasteiger partial charge >= 0.3 is 0 Å². The van der Waals surface area contributed by atoms with Crippen LogP contribution in [-0.4, -0.2) is 54.0 Å². The monoisotopic (exact) mass is 352 g/mol. The fourth-order valence-corrected chi connectivity index (χ4v) is 3.86. The van der Waals surface area contributed by atoms with Crippen LogP contribution in [0.2, 0.25) is 0 Å². The Balaban J connectivity index is 1.68. The second-order valence-electron chi connectivity index (χ2n) is 7.35. The normalized spacial score (nSPS) is 23.2. The maximum absolute atomic E-state index is 12.7. The van der Waals surface area contributed by atoms with Crippen molar-refractivity contribution < 1.29 is 9.90 Å². The number of carbonyl (C=O) groups is 1. The van der Waals surface area contributed by atoms with Crippen molar-refractivity contribution in [2.45, 2.75) is 30.9 Å². The number of carbonyl (C=O) groups excluding carboxylic acids is 1. The Hall–Kier alpha value is -2.17. The first-order chi connectivity index (χ1) is 12.5. The first-order valence-corrected chi connectivity index (χ1v) is 9.27. The maximum Gasteiger partial charge on any atom is 0.222 e. The Kier molecular flexibility index (Phi) is 5.74. The Morgan fingerprint density at radius 3 is 2.35 bits per heavy atom. The van der Waals surface area contributed by atoms with E-state index in [-0.39, 0.29) is 11.9 Å². The Morgan fingerprint density at radius 2 is 1.73 bits per heavy atom. The summed E-state index contributed by atoms with van der Waals surface area (Å²) in [7, 11) is 3.94. The highest BCUT2D eigenvalue weighted by atomic mass is 16.3. The van der Waals surface area contributed by atoms with Gasteiger partial charge in [-0.3, -0.25) is 4.79 Å². The number of aryl methyl sites for hydroxylation is 1. The fraction of sp³-hybridized carbons (Fsp3) is 0.409. The average molecular weight is 352 g/mol. The zero-order valence-corrected chi connectivity index (χ0v) is 15.6. The number of benzene rings is 2. The van der Waals surface area contributed by atoms with Crippen molar-refractivity contribution in [3.63, 3.8) is 0 Å². The number of hydrogen-bond acceptors (Lipinski definition) is 3. The predicted molar refractivity (Wildman–Crippen MR) is 104 cm³/mol. The lowest BCUT2D eigenvalue weighted by Gasteiger charge is -2.47. The molecule has 1 fully saturated rings. The number of likely N-dealkylation sites (N-methyl/N-ethyl adjacent to an activating group) is 1. The molecule has 1 aliphatic heterocycles. The topological polar surface area (TPSA) is 43.8 Å². The van der Waals surface area contributed by atoms with Crippen molar-refractivity contribution in [3.05, 3.63) is 71.8 Å². The molecule has 2 aromatic rings. The number of aliphatic hydroxyl groups is 1. The van der Waals surface area contributed by atoms with Crippen LogP contribution in [0.25, 0.3) is 0 Å². The number of nitrogens with zero attached hydrogens (tertiary/aromatic N) is 2. The highest BCUT2D eigenvalue weighted by Gasteiger charge is 2.44. The Labute approximate surface area is 156 Å².